The summed E-state index contributed by atoms with van der Waals surface area (Å²) >= 11 is 2.73. The van der Waals surface area contributed by atoms with Gasteiger partial charge in [-0.3, -0.25) is 4.79 Å². The highest BCUT2D eigenvalue weighted by Crippen LogP contribution is 2.28. The summed E-state index contributed by atoms with van der Waals surface area (Å²) in [4.78, 5) is 29.1. The maximum Gasteiger partial charge on any atom is 0.347 e. The first-order chi connectivity index (χ1) is 11.3. The smallest absolute Gasteiger partial charge is 0.347 e. The number of nitrogens with zero attached hydrogens (tertiary/aromatic N) is 1. The second kappa shape index (κ2) is 7.81. The van der Waals surface area contributed by atoms with Crippen LogP contribution >= 0.6 is 23.1 Å². The third-order valence-electron chi connectivity index (χ3n) is 3.22. The van der Waals surface area contributed by atoms with Crippen LogP contribution in [0.1, 0.15) is 57.5 Å². The molecular formula is C17H20N2O3S2. The molecule has 0 fully saturated rings. The van der Waals surface area contributed by atoms with E-state index < -0.39 is 5.97 Å². The lowest BCUT2D eigenvalue weighted by Crippen LogP contribution is -2.27. The predicted octanol–water partition coefficient (Wildman–Crippen LogP) is 4.14. The van der Waals surface area contributed by atoms with Gasteiger partial charge in [-0.2, -0.15) is 0 Å². The fourth-order valence-corrected chi connectivity index (χ4v) is 4.01. The summed E-state index contributed by atoms with van der Waals surface area (Å²) in [6, 6.07) is 7.11. The number of thiazole rings is 1. The molecule has 0 saturated heterocycles. The molecule has 0 aliphatic carbocycles. The van der Waals surface area contributed by atoms with Gasteiger partial charge in [-0.15, -0.1) is 23.1 Å². The van der Waals surface area contributed by atoms with E-state index in [0.29, 0.717) is 21.5 Å². The summed E-state index contributed by atoms with van der Waals surface area (Å²) in [5.41, 5.74) is 1.09. The summed E-state index contributed by atoms with van der Waals surface area (Å²) in [5, 5.41) is 13.0. The Morgan fingerprint density at radius 1 is 1.25 bits per heavy atom. The molecule has 0 aliphatic heterocycles. The Morgan fingerprint density at radius 2 is 1.92 bits per heavy atom. The molecule has 2 aromatic rings. The lowest BCUT2D eigenvalue weighted by atomic mass is 10.2. The second-order valence-electron chi connectivity index (χ2n) is 5.63. The van der Waals surface area contributed by atoms with Crippen molar-refractivity contribution in [2.45, 2.75) is 43.9 Å². The van der Waals surface area contributed by atoms with Crippen LogP contribution in [0.2, 0.25) is 0 Å². The Kier molecular flexibility index (Phi) is 6.01. The Hall–Kier alpha value is -1.86. The first-order valence-electron chi connectivity index (χ1n) is 7.56. The number of hydrogen-bond donors (Lipinski definition) is 2. The zero-order valence-corrected chi connectivity index (χ0v) is 15.6. The van der Waals surface area contributed by atoms with E-state index in [0.717, 1.165) is 16.2 Å². The molecule has 5 nitrogen and oxygen atoms in total. The van der Waals surface area contributed by atoms with Crippen LogP contribution in [0, 0.1) is 6.92 Å². The largest absolute Gasteiger partial charge is 0.477 e. The van der Waals surface area contributed by atoms with Gasteiger partial charge in [-0.05, 0) is 26.0 Å². The minimum absolute atomic E-state index is 0.184. The molecule has 1 aromatic carbocycles. The lowest BCUT2D eigenvalue weighted by molar-refractivity contribution is 0.0701. The van der Waals surface area contributed by atoms with Crippen molar-refractivity contribution in [1.29, 1.82) is 0 Å². The highest BCUT2D eigenvalue weighted by Gasteiger charge is 2.20. The molecule has 24 heavy (non-hydrogen) atoms. The predicted molar refractivity (Wildman–Crippen MR) is 97.1 cm³/mol. The monoisotopic (exact) mass is 364 g/mol. The molecule has 1 heterocycles. The Morgan fingerprint density at radius 3 is 2.50 bits per heavy atom. The first-order valence-corrected chi connectivity index (χ1v) is 9.26. The van der Waals surface area contributed by atoms with E-state index in [4.69, 9.17) is 5.11 Å². The molecule has 0 aliphatic rings. The van der Waals surface area contributed by atoms with Crippen LogP contribution in [-0.2, 0) is 0 Å². The molecule has 0 bridgehead atoms. The zero-order chi connectivity index (χ0) is 17.9. The van der Waals surface area contributed by atoms with Crippen LogP contribution in [-0.4, -0.2) is 27.2 Å². The summed E-state index contributed by atoms with van der Waals surface area (Å²) < 4.78 is 0. The number of carboxylic acids is 1. The number of carbonyl (C=O) groups is 2. The molecule has 0 radical (unpaired) electrons. The minimum Gasteiger partial charge on any atom is -0.477 e. The maximum atomic E-state index is 12.6. The van der Waals surface area contributed by atoms with Crippen molar-refractivity contribution < 1.29 is 14.7 Å². The maximum absolute atomic E-state index is 12.6. The van der Waals surface area contributed by atoms with E-state index in [1.807, 2.05) is 18.2 Å². The third kappa shape index (κ3) is 4.36. The average molecular weight is 364 g/mol. The van der Waals surface area contributed by atoms with E-state index in [2.05, 4.69) is 24.1 Å². The zero-order valence-electron chi connectivity index (χ0n) is 14.0. The number of hydrogen-bond acceptors (Lipinski definition) is 5. The number of aromatic carboxylic acids is 1. The fraction of sp³-hybridized carbons (Fsp3) is 0.353. The van der Waals surface area contributed by atoms with Crippen LogP contribution < -0.4 is 5.32 Å². The number of thioether (sulfide) groups is 1. The van der Waals surface area contributed by atoms with E-state index >= 15 is 0 Å². The Bertz CT molecular complexity index is 756. The van der Waals surface area contributed by atoms with Crippen LogP contribution in [0.15, 0.2) is 29.2 Å². The second-order valence-corrected chi connectivity index (χ2v) is 8.28. The normalized spacial score (nSPS) is 12.2. The van der Waals surface area contributed by atoms with Gasteiger partial charge < -0.3 is 10.4 Å². The van der Waals surface area contributed by atoms with Crippen molar-refractivity contribution in [3.8, 4) is 0 Å². The number of carboxylic acid groups (broad SMARTS) is 1. The van der Waals surface area contributed by atoms with Crippen molar-refractivity contribution in [1.82, 2.24) is 10.3 Å². The molecule has 2 N–H and O–H groups in total. The van der Waals surface area contributed by atoms with Crippen LogP contribution in [0.3, 0.4) is 0 Å². The van der Waals surface area contributed by atoms with Gasteiger partial charge in [0.2, 0.25) is 0 Å². The van der Waals surface area contributed by atoms with E-state index in [1.165, 1.54) is 0 Å². The number of aryl methyl sites for hydroxylation is 1. The van der Waals surface area contributed by atoms with Crippen molar-refractivity contribution in [3.05, 3.63) is 45.4 Å². The molecule has 0 spiro atoms. The number of aromatic nitrogens is 1. The molecule has 128 valence electrons. The van der Waals surface area contributed by atoms with Crippen LogP contribution in [0.5, 0.6) is 0 Å². The fourth-order valence-electron chi connectivity index (χ4n) is 2.15. The summed E-state index contributed by atoms with van der Waals surface area (Å²) in [7, 11) is 0. The van der Waals surface area contributed by atoms with Gasteiger partial charge in [0.25, 0.3) is 5.91 Å². The molecular weight excluding hydrogens is 344 g/mol. The standard InChI is InChI=1S/C17H20N2O3S2/c1-9(2)23-13-8-6-5-7-12(13)15(20)18-11(4)16-19-10(3)14(24-16)17(21)22/h5-9,11H,1-4H3,(H,18,20)(H,21,22). The first kappa shape index (κ1) is 18.5. The summed E-state index contributed by atoms with van der Waals surface area (Å²) in [6.45, 7) is 7.62. The third-order valence-corrected chi connectivity index (χ3v) is 5.63. The highest BCUT2D eigenvalue weighted by molar-refractivity contribution is 8.00. The van der Waals surface area contributed by atoms with Crippen molar-refractivity contribution >= 4 is 35.0 Å². The molecule has 1 unspecified atom stereocenters. The van der Waals surface area contributed by atoms with Crippen LogP contribution in [0.4, 0.5) is 0 Å². The molecule has 1 amide bonds. The summed E-state index contributed by atoms with van der Waals surface area (Å²) in [6.07, 6.45) is 0. The van der Waals surface area contributed by atoms with E-state index in [-0.39, 0.29) is 16.8 Å². The number of amides is 1. The number of rotatable bonds is 6. The van der Waals surface area contributed by atoms with Crippen LogP contribution in [0.25, 0.3) is 0 Å². The van der Waals surface area contributed by atoms with E-state index in [1.54, 1.807) is 31.7 Å². The lowest BCUT2D eigenvalue weighted by Gasteiger charge is -2.14. The van der Waals surface area contributed by atoms with Gasteiger partial charge in [0, 0.05) is 10.1 Å². The van der Waals surface area contributed by atoms with Crippen molar-refractivity contribution in [2.75, 3.05) is 0 Å². The highest BCUT2D eigenvalue weighted by atomic mass is 32.2. The molecule has 7 heteroatoms. The Balaban J connectivity index is 2.18. The van der Waals surface area contributed by atoms with Crippen molar-refractivity contribution in [3.63, 3.8) is 0 Å². The van der Waals surface area contributed by atoms with Gasteiger partial charge in [0.15, 0.2) is 0 Å². The number of benzene rings is 1. The summed E-state index contributed by atoms with van der Waals surface area (Å²) in [5.74, 6) is -1.18. The van der Waals surface area contributed by atoms with Gasteiger partial charge in [0.1, 0.15) is 9.88 Å². The average Bonchev–Trinajstić information content (AvgIpc) is 2.89. The van der Waals surface area contributed by atoms with Gasteiger partial charge >= 0.3 is 5.97 Å². The number of carbonyl (C=O) groups excluding carboxylic acids is 1. The van der Waals surface area contributed by atoms with Gasteiger partial charge in [-0.1, -0.05) is 26.0 Å². The van der Waals surface area contributed by atoms with Gasteiger partial charge in [-0.25, -0.2) is 9.78 Å². The van der Waals surface area contributed by atoms with Gasteiger partial charge in [0.05, 0.1) is 17.3 Å². The molecule has 2 rings (SSSR count). The minimum atomic E-state index is -0.992. The Labute approximate surface area is 149 Å². The van der Waals surface area contributed by atoms with Crippen molar-refractivity contribution in [2.24, 2.45) is 0 Å². The quantitative estimate of drug-likeness (QED) is 0.753. The van der Waals surface area contributed by atoms with E-state index in [9.17, 15) is 9.59 Å². The molecule has 1 atom stereocenters. The SMILES string of the molecule is Cc1nc(C(C)NC(=O)c2ccccc2SC(C)C)sc1C(=O)O. The topological polar surface area (TPSA) is 79.3 Å². The number of nitrogens with one attached hydrogen (secondary N) is 1. The molecule has 0 saturated carbocycles. The molecule has 1 aromatic heterocycles.